The molecule has 0 bridgehead atoms. The van der Waals surface area contributed by atoms with E-state index >= 15 is 0 Å². The second kappa shape index (κ2) is 4.28. The van der Waals surface area contributed by atoms with Crippen molar-refractivity contribution in [3.63, 3.8) is 0 Å². The molecule has 0 aliphatic rings. The highest BCUT2D eigenvalue weighted by molar-refractivity contribution is 6.09. The molecule has 1 aromatic carbocycles. The van der Waals surface area contributed by atoms with Crippen molar-refractivity contribution < 1.29 is 9.21 Å². The van der Waals surface area contributed by atoms with Crippen LogP contribution in [-0.2, 0) is 0 Å². The maximum absolute atomic E-state index is 12.3. The summed E-state index contributed by atoms with van der Waals surface area (Å²) in [7, 11) is 0. The first-order valence-corrected chi connectivity index (χ1v) is 5.95. The van der Waals surface area contributed by atoms with Gasteiger partial charge in [-0.2, -0.15) is 0 Å². The number of nitrogens with one attached hydrogen (secondary N) is 2. The first kappa shape index (κ1) is 11.5. The SMILES string of the molecule is Cc1coc(C)c1C(=O)Nc1cccc2[nH]cnc12. The summed E-state index contributed by atoms with van der Waals surface area (Å²) in [4.78, 5) is 19.5. The smallest absolute Gasteiger partial charge is 0.259 e. The molecule has 0 aliphatic heterocycles. The van der Waals surface area contributed by atoms with Gasteiger partial charge in [-0.05, 0) is 26.0 Å². The van der Waals surface area contributed by atoms with E-state index in [9.17, 15) is 4.79 Å². The van der Waals surface area contributed by atoms with Crippen LogP contribution in [0.5, 0.6) is 0 Å². The van der Waals surface area contributed by atoms with E-state index in [0.29, 0.717) is 17.0 Å². The number of fused-ring (bicyclic) bond motifs is 1. The van der Waals surface area contributed by atoms with Crippen molar-refractivity contribution >= 4 is 22.6 Å². The Morgan fingerprint density at radius 3 is 2.95 bits per heavy atom. The van der Waals surface area contributed by atoms with E-state index in [2.05, 4.69) is 15.3 Å². The number of nitrogens with zero attached hydrogens (tertiary/aromatic N) is 1. The Morgan fingerprint density at radius 2 is 2.21 bits per heavy atom. The van der Waals surface area contributed by atoms with Crippen molar-refractivity contribution in [1.29, 1.82) is 0 Å². The van der Waals surface area contributed by atoms with Crippen molar-refractivity contribution in [1.82, 2.24) is 9.97 Å². The largest absolute Gasteiger partial charge is 0.469 e. The van der Waals surface area contributed by atoms with Crippen LogP contribution in [0.1, 0.15) is 21.7 Å². The van der Waals surface area contributed by atoms with Crippen LogP contribution in [0.3, 0.4) is 0 Å². The number of benzene rings is 1. The molecule has 5 nitrogen and oxygen atoms in total. The van der Waals surface area contributed by atoms with Crippen LogP contribution in [0.25, 0.3) is 11.0 Å². The highest BCUT2D eigenvalue weighted by Gasteiger charge is 2.16. The van der Waals surface area contributed by atoms with Gasteiger partial charge in [-0.3, -0.25) is 4.79 Å². The normalized spacial score (nSPS) is 10.8. The molecule has 0 unspecified atom stereocenters. The number of furan rings is 1. The number of H-pyrrole nitrogens is 1. The number of imidazole rings is 1. The minimum Gasteiger partial charge on any atom is -0.469 e. The molecule has 3 aromatic rings. The number of amides is 1. The summed E-state index contributed by atoms with van der Waals surface area (Å²) < 4.78 is 5.24. The first-order valence-electron chi connectivity index (χ1n) is 5.95. The van der Waals surface area contributed by atoms with Gasteiger partial charge in [-0.1, -0.05) is 6.07 Å². The third-order valence-corrected chi connectivity index (χ3v) is 3.08. The molecule has 96 valence electrons. The van der Waals surface area contributed by atoms with Crippen molar-refractivity contribution in [2.75, 3.05) is 5.32 Å². The summed E-state index contributed by atoms with van der Waals surface area (Å²) in [5.41, 5.74) is 3.72. The Bertz CT molecular complexity index is 735. The van der Waals surface area contributed by atoms with Gasteiger partial charge in [0.1, 0.15) is 11.3 Å². The van der Waals surface area contributed by atoms with E-state index in [1.54, 1.807) is 19.5 Å². The Balaban J connectivity index is 1.98. The Hall–Kier alpha value is -2.56. The topological polar surface area (TPSA) is 70.9 Å². The molecule has 0 radical (unpaired) electrons. The zero-order valence-corrected chi connectivity index (χ0v) is 10.7. The van der Waals surface area contributed by atoms with E-state index in [1.807, 2.05) is 25.1 Å². The van der Waals surface area contributed by atoms with Gasteiger partial charge in [-0.15, -0.1) is 0 Å². The van der Waals surface area contributed by atoms with Crippen LogP contribution in [0.2, 0.25) is 0 Å². The second-order valence-electron chi connectivity index (χ2n) is 4.41. The summed E-state index contributed by atoms with van der Waals surface area (Å²) in [6.07, 6.45) is 3.19. The highest BCUT2D eigenvalue weighted by atomic mass is 16.3. The van der Waals surface area contributed by atoms with Crippen LogP contribution in [-0.4, -0.2) is 15.9 Å². The summed E-state index contributed by atoms with van der Waals surface area (Å²) in [6, 6.07) is 5.60. The Kier molecular flexibility index (Phi) is 2.59. The van der Waals surface area contributed by atoms with E-state index in [0.717, 1.165) is 16.6 Å². The molecule has 0 saturated heterocycles. The summed E-state index contributed by atoms with van der Waals surface area (Å²) in [5.74, 6) is 0.434. The fourth-order valence-corrected chi connectivity index (χ4v) is 2.16. The Morgan fingerprint density at radius 1 is 1.37 bits per heavy atom. The summed E-state index contributed by atoms with van der Waals surface area (Å²) in [5, 5.41) is 2.87. The number of anilines is 1. The quantitative estimate of drug-likeness (QED) is 0.739. The fourth-order valence-electron chi connectivity index (χ4n) is 2.16. The third-order valence-electron chi connectivity index (χ3n) is 3.08. The van der Waals surface area contributed by atoms with Crippen molar-refractivity contribution in [2.24, 2.45) is 0 Å². The second-order valence-corrected chi connectivity index (χ2v) is 4.41. The molecule has 0 spiro atoms. The van der Waals surface area contributed by atoms with Gasteiger partial charge in [0.05, 0.1) is 29.4 Å². The number of para-hydroxylation sites is 1. The zero-order valence-electron chi connectivity index (χ0n) is 10.7. The number of rotatable bonds is 2. The molecule has 0 atom stereocenters. The predicted octanol–water partition coefficient (Wildman–Crippen LogP) is 3.03. The lowest BCUT2D eigenvalue weighted by atomic mass is 10.1. The average Bonchev–Trinajstić information content (AvgIpc) is 2.97. The molecule has 0 aliphatic carbocycles. The van der Waals surface area contributed by atoms with E-state index in [1.165, 1.54) is 0 Å². The van der Waals surface area contributed by atoms with Crippen molar-refractivity contribution in [3.05, 3.63) is 47.7 Å². The lowest BCUT2D eigenvalue weighted by molar-refractivity contribution is 0.102. The van der Waals surface area contributed by atoms with Gasteiger partial charge in [0.25, 0.3) is 5.91 Å². The number of aryl methyl sites for hydroxylation is 2. The van der Waals surface area contributed by atoms with Gasteiger partial charge < -0.3 is 14.7 Å². The molecule has 2 N–H and O–H groups in total. The maximum atomic E-state index is 12.3. The van der Waals surface area contributed by atoms with E-state index < -0.39 is 0 Å². The number of hydrogen-bond donors (Lipinski definition) is 2. The number of carbonyl (C=O) groups is 1. The molecule has 2 aromatic heterocycles. The number of aromatic amines is 1. The van der Waals surface area contributed by atoms with E-state index in [4.69, 9.17) is 4.42 Å². The number of carbonyl (C=O) groups excluding carboxylic acids is 1. The summed E-state index contributed by atoms with van der Waals surface area (Å²) in [6.45, 7) is 3.62. The maximum Gasteiger partial charge on any atom is 0.259 e. The molecule has 2 heterocycles. The van der Waals surface area contributed by atoms with Crippen LogP contribution < -0.4 is 5.32 Å². The average molecular weight is 255 g/mol. The van der Waals surface area contributed by atoms with Crippen molar-refractivity contribution in [2.45, 2.75) is 13.8 Å². The zero-order chi connectivity index (χ0) is 13.4. The predicted molar refractivity (Wildman–Crippen MR) is 72.2 cm³/mol. The molecule has 1 amide bonds. The minimum absolute atomic E-state index is 0.181. The third kappa shape index (κ3) is 1.89. The molecular weight excluding hydrogens is 242 g/mol. The molecule has 0 saturated carbocycles. The van der Waals surface area contributed by atoms with Crippen LogP contribution in [0, 0.1) is 13.8 Å². The molecular formula is C14H13N3O2. The highest BCUT2D eigenvalue weighted by Crippen LogP contribution is 2.22. The van der Waals surface area contributed by atoms with E-state index in [-0.39, 0.29) is 5.91 Å². The Labute approximate surface area is 109 Å². The standard InChI is InChI=1S/C14H13N3O2/c1-8-6-19-9(2)12(8)14(18)17-11-5-3-4-10-13(11)16-7-15-10/h3-7H,1-2H3,(H,15,16)(H,17,18). The first-order chi connectivity index (χ1) is 9.16. The van der Waals surface area contributed by atoms with Crippen LogP contribution >= 0.6 is 0 Å². The lowest BCUT2D eigenvalue weighted by Crippen LogP contribution is -2.13. The van der Waals surface area contributed by atoms with Crippen LogP contribution in [0.4, 0.5) is 5.69 Å². The molecule has 5 heteroatoms. The van der Waals surface area contributed by atoms with Crippen LogP contribution in [0.15, 0.2) is 35.2 Å². The lowest BCUT2D eigenvalue weighted by Gasteiger charge is -2.05. The summed E-state index contributed by atoms with van der Waals surface area (Å²) >= 11 is 0. The van der Waals surface area contributed by atoms with Gasteiger partial charge in [-0.25, -0.2) is 4.98 Å². The number of aromatic nitrogens is 2. The van der Waals surface area contributed by atoms with Gasteiger partial charge >= 0.3 is 0 Å². The fraction of sp³-hybridized carbons (Fsp3) is 0.143. The van der Waals surface area contributed by atoms with Gasteiger partial charge in [0, 0.05) is 5.56 Å². The van der Waals surface area contributed by atoms with Gasteiger partial charge in [0.2, 0.25) is 0 Å². The van der Waals surface area contributed by atoms with Gasteiger partial charge in [0.15, 0.2) is 0 Å². The van der Waals surface area contributed by atoms with Crippen molar-refractivity contribution in [3.8, 4) is 0 Å². The molecule has 19 heavy (non-hydrogen) atoms. The minimum atomic E-state index is -0.181. The molecule has 0 fully saturated rings. The number of hydrogen-bond acceptors (Lipinski definition) is 3. The molecule has 3 rings (SSSR count). The monoisotopic (exact) mass is 255 g/mol.